The Morgan fingerprint density at radius 3 is 1.51 bits per heavy atom. The van der Waals surface area contributed by atoms with Gasteiger partial charge >= 0.3 is 6.09 Å². The Morgan fingerprint density at radius 2 is 1.08 bits per heavy atom. The van der Waals surface area contributed by atoms with Crippen LogP contribution in [0.2, 0.25) is 0 Å². The van der Waals surface area contributed by atoms with Crippen LogP contribution < -0.4 is 10.6 Å². The first-order valence-corrected chi connectivity index (χ1v) is 20.8. The number of fused-ring (bicyclic) bond motifs is 1. The molecule has 2 heterocycles. The van der Waals surface area contributed by atoms with Crippen LogP contribution in [0.25, 0.3) is 0 Å². The summed E-state index contributed by atoms with van der Waals surface area (Å²) in [6.07, 6.45) is -0.214. The fraction of sp³-hybridized carbons (Fsp3) is 0.732. The number of imide groups is 2. The molecule has 1 aromatic carbocycles. The van der Waals surface area contributed by atoms with E-state index in [9.17, 15) is 24.0 Å². The van der Waals surface area contributed by atoms with Crippen LogP contribution in [0.4, 0.5) is 10.5 Å². The van der Waals surface area contributed by atoms with E-state index < -0.39 is 35.3 Å². The van der Waals surface area contributed by atoms with Crippen molar-refractivity contribution < 1.29 is 76.1 Å². The molecule has 61 heavy (non-hydrogen) atoms. The molecule has 2 aliphatic heterocycles. The van der Waals surface area contributed by atoms with Gasteiger partial charge in [0.25, 0.3) is 11.8 Å². The summed E-state index contributed by atoms with van der Waals surface area (Å²) >= 11 is 0. The Bertz CT molecular complexity index is 1460. The lowest BCUT2D eigenvalue weighted by Crippen LogP contribution is -2.54. The molecule has 5 amide bonds. The molecule has 1 atom stereocenters. The third kappa shape index (κ3) is 21.2. The zero-order valence-electron chi connectivity index (χ0n) is 36.2. The van der Waals surface area contributed by atoms with Crippen molar-refractivity contribution in [2.75, 3.05) is 158 Å². The number of rotatable bonds is 35. The predicted molar refractivity (Wildman–Crippen MR) is 219 cm³/mol. The Labute approximate surface area is 358 Å². The first kappa shape index (κ1) is 51.5. The highest BCUT2D eigenvalue weighted by atomic mass is 16.6. The maximum atomic E-state index is 13.2. The topological polar surface area (TPSA) is 217 Å². The van der Waals surface area contributed by atoms with Crippen LogP contribution in [0.5, 0.6) is 0 Å². The number of likely N-dealkylation sites (N-methyl/N-ethyl adjacent to an activating group) is 1. The van der Waals surface area contributed by atoms with Crippen LogP contribution in [0.15, 0.2) is 18.2 Å². The van der Waals surface area contributed by atoms with Crippen LogP contribution >= 0.6 is 0 Å². The van der Waals surface area contributed by atoms with Crippen LogP contribution in [-0.4, -0.2) is 203 Å². The standard InChI is InChI=1S/C41H66N4O16/c1-41(2,3)61-40(50)44(4)11-13-52-15-17-54-19-21-56-23-25-58-27-29-60-31-30-59-28-26-57-24-22-55-20-18-53-16-14-51-12-10-42-33-7-5-6-32-36(33)39(49)45(38(32)48)34-8-9-35(46)43-37(34)47/h5-7,34,42H,8-31H2,1-4H3,(H,43,46,47). The van der Waals surface area contributed by atoms with Gasteiger partial charge in [0.05, 0.1) is 143 Å². The number of hydrogen-bond acceptors (Lipinski definition) is 17. The highest BCUT2D eigenvalue weighted by Gasteiger charge is 2.45. The maximum absolute atomic E-state index is 13.2. The van der Waals surface area contributed by atoms with E-state index in [1.807, 2.05) is 20.8 Å². The Hall–Kier alpha value is -3.83. The highest BCUT2D eigenvalue weighted by molar-refractivity contribution is 6.25. The molecule has 2 aliphatic rings. The van der Waals surface area contributed by atoms with Crippen LogP contribution in [0, 0.1) is 0 Å². The summed E-state index contributed by atoms with van der Waals surface area (Å²) in [5.74, 6) is -2.18. The van der Waals surface area contributed by atoms with Crippen LogP contribution in [-0.2, 0) is 61.7 Å². The van der Waals surface area contributed by atoms with E-state index in [1.54, 1.807) is 25.2 Å². The number of carbonyl (C=O) groups is 5. The molecule has 20 heteroatoms. The number of piperidine rings is 1. The quantitative estimate of drug-likeness (QED) is 0.0730. The third-order valence-electron chi connectivity index (χ3n) is 8.65. The van der Waals surface area contributed by atoms with Crippen molar-refractivity contribution in [3.8, 4) is 0 Å². The molecule has 0 aliphatic carbocycles. The summed E-state index contributed by atoms with van der Waals surface area (Å²) in [6, 6.07) is 3.89. The third-order valence-corrected chi connectivity index (χ3v) is 8.65. The van der Waals surface area contributed by atoms with Crippen molar-refractivity contribution in [1.82, 2.24) is 15.1 Å². The maximum Gasteiger partial charge on any atom is 0.410 e. The largest absolute Gasteiger partial charge is 0.444 e. The molecule has 1 fully saturated rings. The fourth-order valence-corrected chi connectivity index (χ4v) is 5.63. The van der Waals surface area contributed by atoms with Gasteiger partial charge in [-0.1, -0.05) is 6.07 Å². The average molecular weight is 871 g/mol. The summed E-state index contributed by atoms with van der Waals surface area (Å²) in [5.41, 5.74) is 0.371. The molecule has 0 aromatic heterocycles. The zero-order valence-corrected chi connectivity index (χ0v) is 36.2. The second-order valence-electron chi connectivity index (χ2n) is 14.6. The second-order valence-corrected chi connectivity index (χ2v) is 14.6. The van der Waals surface area contributed by atoms with E-state index in [2.05, 4.69) is 10.6 Å². The lowest BCUT2D eigenvalue weighted by Gasteiger charge is -2.27. The van der Waals surface area contributed by atoms with Gasteiger partial charge in [-0.25, -0.2) is 4.79 Å². The molecule has 1 saturated heterocycles. The van der Waals surface area contributed by atoms with E-state index in [-0.39, 0.29) is 30.1 Å². The number of nitrogens with zero attached hydrogens (tertiary/aromatic N) is 2. The van der Waals surface area contributed by atoms with Crippen molar-refractivity contribution in [3.63, 3.8) is 0 Å². The molecular weight excluding hydrogens is 804 g/mol. The summed E-state index contributed by atoms with van der Waals surface area (Å²) in [4.78, 5) is 64.3. The SMILES string of the molecule is CN(CCOCCOCCOCCOCCOCCOCCOCCOCCOCCOCCNc1cccc2c1C(=O)N(C1CCC(=O)NC1=O)C2=O)C(=O)OC(C)(C)C. The average Bonchev–Trinajstić information content (AvgIpc) is 3.47. The molecule has 3 rings (SSSR count). The van der Waals surface area contributed by atoms with E-state index in [1.165, 1.54) is 4.90 Å². The Kier molecular flexibility index (Phi) is 25.6. The Balaban J connectivity index is 0.989. The van der Waals surface area contributed by atoms with Gasteiger partial charge in [-0.15, -0.1) is 0 Å². The molecule has 0 bridgehead atoms. The lowest BCUT2D eigenvalue weighted by atomic mass is 10.0. The predicted octanol–water partition coefficient (Wildman–Crippen LogP) is 1.53. The minimum atomic E-state index is -1.02. The monoisotopic (exact) mass is 870 g/mol. The van der Waals surface area contributed by atoms with E-state index >= 15 is 0 Å². The van der Waals surface area contributed by atoms with E-state index in [0.717, 1.165) is 4.90 Å². The first-order chi connectivity index (χ1) is 29.5. The molecule has 0 spiro atoms. The number of amides is 5. The van der Waals surface area contributed by atoms with Crippen LogP contribution in [0.1, 0.15) is 54.3 Å². The van der Waals surface area contributed by atoms with Crippen molar-refractivity contribution >= 4 is 35.4 Å². The van der Waals surface area contributed by atoms with Crippen molar-refractivity contribution in [2.24, 2.45) is 0 Å². The summed E-state index contributed by atoms with van der Waals surface area (Å²) in [7, 11) is 1.67. The molecule has 346 valence electrons. The highest BCUT2D eigenvalue weighted by Crippen LogP contribution is 2.32. The zero-order chi connectivity index (χ0) is 44.1. The molecule has 20 nitrogen and oxygen atoms in total. The van der Waals surface area contributed by atoms with Crippen LogP contribution in [0.3, 0.4) is 0 Å². The number of nitrogens with one attached hydrogen (secondary N) is 2. The van der Waals surface area contributed by atoms with Crippen molar-refractivity contribution in [2.45, 2.75) is 45.3 Å². The number of carbonyl (C=O) groups excluding carboxylic acids is 5. The number of hydrogen-bond donors (Lipinski definition) is 2. The molecule has 0 radical (unpaired) electrons. The molecule has 1 unspecified atom stereocenters. The van der Waals surface area contributed by atoms with Gasteiger partial charge in [-0.3, -0.25) is 29.4 Å². The number of ether oxygens (including phenoxy) is 11. The molecule has 2 N–H and O–H groups in total. The minimum absolute atomic E-state index is 0.0619. The van der Waals surface area contributed by atoms with Gasteiger partial charge < -0.3 is 62.3 Å². The van der Waals surface area contributed by atoms with Gasteiger partial charge in [0, 0.05) is 32.2 Å². The Morgan fingerprint density at radius 1 is 0.656 bits per heavy atom. The van der Waals surface area contributed by atoms with E-state index in [4.69, 9.17) is 52.1 Å². The molecular formula is C41H66N4O16. The van der Waals surface area contributed by atoms with Gasteiger partial charge in [0.15, 0.2) is 0 Å². The van der Waals surface area contributed by atoms with Crippen molar-refractivity contribution in [3.05, 3.63) is 29.3 Å². The smallest absolute Gasteiger partial charge is 0.410 e. The number of anilines is 1. The van der Waals surface area contributed by atoms with Crippen molar-refractivity contribution in [1.29, 1.82) is 0 Å². The normalized spacial score (nSPS) is 15.3. The molecule has 1 aromatic rings. The van der Waals surface area contributed by atoms with E-state index in [0.29, 0.717) is 151 Å². The molecule has 0 saturated carbocycles. The van der Waals surface area contributed by atoms with Gasteiger partial charge in [-0.2, -0.15) is 0 Å². The minimum Gasteiger partial charge on any atom is -0.444 e. The fourth-order valence-electron chi connectivity index (χ4n) is 5.63. The van der Waals surface area contributed by atoms with Gasteiger partial charge in [0.1, 0.15) is 11.6 Å². The second kappa shape index (κ2) is 30.3. The van der Waals surface area contributed by atoms with Gasteiger partial charge in [0.2, 0.25) is 11.8 Å². The number of benzene rings is 1. The summed E-state index contributed by atoms with van der Waals surface area (Å²) < 4.78 is 60.3. The van der Waals surface area contributed by atoms with Gasteiger partial charge in [-0.05, 0) is 39.3 Å². The summed E-state index contributed by atoms with van der Waals surface area (Å²) in [6.45, 7) is 15.0. The first-order valence-electron chi connectivity index (χ1n) is 20.8. The summed E-state index contributed by atoms with van der Waals surface area (Å²) in [5, 5.41) is 5.33. The lowest BCUT2D eigenvalue weighted by molar-refractivity contribution is -0.136.